The first-order valence-electron chi connectivity index (χ1n) is 29.5. The van der Waals surface area contributed by atoms with Crippen LogP contribution in [-0.2, 0) is 66.3 Å². The number of benzene rings is 4. The molecule has 6 saturated heterocycles. The molecule has 0 amide bonds. The lowest BCUT2D eigenvalue weighted by Gasteiger charge is -2.49. The molecule has 0 N–H and O–H groups in total. The molecule has 464 valence electrons. The van der Waals surface area contributed by atoms with E-state index in [4.69, 9.17) is 94.7 Å². The van der Waals surface area contributed by atoms with Crippen LogP contribution >= 0.6 is 0 Å². The van der Waals surface area contributed by atoms with Gasteiger partial charge in [0, 0.05) is 64.9 Å². The number of rotatable bonds is 22. The molecule has 6 heterocycles. The van der Waals surface area contributed by atoms with Crippen molar-refractivity contribution in [1.29, 1.82) is 0 Å². The number of hydrogen-bond acceptors (Lipinski definition) is 20. The second kappa shape index (κ2) is 26.1. The molecule has 0 bridgehead atoms. The molecule has 85 heavy (non-hydrogen) atoms. The van der Waals surface area contributed by atoms with Crippen LogP contribution in [0, 0.1) is 16.2 Å². The van der Waals surface area contributed by atoms with Gasteiger partial charge in [0.2, 0.25) is 0 Å². The van der Waals surface area contributed by atoms with E-state index in [1.165, 1.54) is 0 Å². The summed E-state index contributed by atoms with van der Waals surface area (Å²) < 4.78 is 124. The van der Waals surface area contributed by atoms with Crippen molar-refractivity contribution in [3.63, 3.8) is 0 Å². The molecule has 0 saturated carbocycles. The third kappa shape index (κ3) is 14.1. The molecule has 6 aliphatic heterocycles. The summed E-state index contributed by atoms with van der Waals surface area (Å²) in [5.41, 5.74) is 1.86. The van der Waals surface area contributed by atoms with Gasteiger partial charge in [-0.25, -0.2) is 0 Å². The first kappa shape index (κ1) is 62.6. The van der Waals surface area contributed by atoms with Crippen molar-refractivity contribution in [2.45, 2.75) is 116 Å². The Morgan fingerprint density at radius 2 is 0.518 bits per heavy atom. The van der Waals surface area contributed by atoms with E-state index in [2.05, 4.69) is 0 Å². The summed E-state index contributed by atoms with van der Waals surface area (Å²) >= 11 is 0. The Bertz CT molecular complexity index is 2760. The van der Waals surface area contributed by atoms with Crippen LogP contribution in [0.1, 0.15) is 102 Å². The van der Waals surface area contributed by atoms with Crippen molar-refractivity contribution < 1.29 is 94.7 Å². The van der Waals surface area contributed by atoms with Gasteiger partial charge in [-0.3, -0.25) is 0 Å². The fraction of sp³-hybridized carbons (Fsp3) is 0.569. The van der Waals surface area contributed by atoms with Crippen LogP contribution in [0.2, 0.25) is 0 Å². The standard InChI is InChI=1S/C65H84O20/c1-11-60(68-9)70-35-57(36-71-60)39-76-64(15-5,77-40-57)84-55-31-50(32-56(34-55)85-65(16-6)78-41-58(42-79-65)37-72-61(12-2,69-10)73-38-58)20-18-48-23-27-52(28-24-48)82-62(13-3)74-43-59(44-75-62)45-80-63(14-4,81-46-59)83-54-30-49(29-53(33-54)67-8)19-17-47-21-25-51(66-7)26-22-47/h17-34H,11-16,35-46H2,1-10H3/b19-17+,20-18+. The first-order valence-corrected chi connectivity index (χ1v) is 29.5. The average molecular weight is 1190 g/mol. The maximum atomic E-state index is 6.68. The van der Waals surface area contributed by atoms with E-state index in [0.29, 0.717) is 93.7 Å². The molecule has 20 nitrogen and oxygen atoms in total. The largest absolute Gasteiger partial charge is 0.497 e. The number of ether oxygens (including phenoxy) is 20. The summed E-state index contributed by atoms with van der Waals surface area (Å²) in [6, 6.07) is 26.7. The highest BCUT2D eigenvalue weighted by Gasteiger charge is 2.55. The molecule has 0 unspecified atom stereocenters. The minimum atomic E-state index is -1.41. The van der Waals surface area contributed by atoms with Crippen molar-refractivity contribution in [1.82, 2.24) is 0 Å². The average Bonchev–Trinajstić information content (AvgIpc) is 3.58. The van der Waals surface area contributed by atoms with Gasteiger partial charge in [-0.05, 0) is 70.8 Å². The van der Waals surface area contributed by atoms with Crippen LogP contribution in [0.15, 0.2) is 84.9 Å². The van der Waals surface area contributed by atoms with Gasteiger partial charge >= 0.3 is 23.9 Å². The zero-order valence-corrected chi connectivity index (χ0v) is 50.8. The second-order valence-corrected chi connectivity index (χ2v) is 22.7. The molecule has 3 spiro atoms. The summed E-state index contributed by atoms with van der Waals surface area (Å²) in [5, 5.41) is 0. The monoisotopic (exact) mass is 1180 g/mol. The van der Waals surface area contributed by atoms with Crippen molar-refractivity contribution in [3.8, 4) is 34.5 Å². The Balaban J connectivity index is 0.787. The molecule has 0 radical (unpaired) electrons. The fourth-order valence-electron chi connectivity index (χ4n) is 10.6. The van der Waals surface area contributed by atoms with Crippen LogP contribution in [0.5, 0.6) is 34.5 Å². The molecule has 0 atom stereocenters. The Hall–Kier alpha value is -5.40. The van der Waals surface area contributed by atoms with Crippen molar-refractivity contribution in [2.75, 3.05) is 108 Å². The Labute approximate surface area is 498 Å². The Morgan fingerprint density at radius 1 is 0.282 bits per heavy atom. The van der Waals surface area contributed by atoms with Gasteiger partial charge < -0.3 is 94.7 Å². The van der Waals surface area contributed by atoms with Gasteiger partial charge in [0.05, 0.1) is 110 Å². The van der Waals surface area contributed by atoms with Gasteiger partial charge in [0.15, 0.2) is 0 Å². The van der Waals surface area contributed by atoms with Gasteiger partial charge in [-0.15, -0.1) is 0 Å². The summed E-state index contributed by atoms with van der Waals surface area (Å²) in [4.78, 5) is 0. The van der Waals surface area contributed by atoms with E-state index in [9.17, 15) is 0 Å². The highest BCUT2D eigenvalue weighted by molar-refractivity contribution is 5.72. The SMILES string of the molecule is CCC1(OC)OCC2(CO1)COC(CC)(Oc1cc(/C=C/c3ccc(OC4(CC)OCC5(CO4)COC(CC)(Oc4cc(/C=C/c6ccc(OC)cc6)cc(OC)c4)OC5)cc3)cc(OC3(CC)OCC4(COC(CC)(OC)OC4)CO3)c1)OC2. The van der Waals surface area contributed by atoms with E-state index in [1.807, 2.05) is 145 Å². The van der Waals surface area contributed by atoms with E-state index >= 15 is 0 Å². The molecule has 4 aromatic carbocycles. The molecular weight excluding hydrogens is 1100 g/mol. The van der Waals surface area contributed by atoms with Gasteiger partial charge in [0.1, 0.15) is 34.5 Å². The van der Waals surface area contributed by atoms with Crippen LogP contribution in [0.25, 0.3) is 24.3 Å². The van der Waals surface area contributed by atoms with Crippen molar-refractivity contribution in [3.05, 3.63) is 107 Å². The van der Waals surface area contributed by atoms with E-state index < -0.39 is 52.1 Å². The minimum absolute atomic E-state index is 0.267. The predicted molar refractivity (Wildman–Crippen MR) is 310 cm³/mol. The van der Waals surface area contributed by atoms with Gasteiger partial charge in [-0.1, -0.05) is 90.1 Å². The van der Waals surface area contributed by atoms with Crippen LogP contribution in [0.3, 0.4) is 0 Å². The summed E-state index contributed by atoms with van der Waals surface area (Å²) in [6.07, 6.45) is 10.6. The molecule has 6 fully saturated rings. The quantitative estimate of drug-likeness (QED) is 0.0676. The molecule has 10 rings (SSSR count). The Morgan fingerprint density at radius 3 is 0.788 bits per heavy atom. The maximum Gasteiger partial charge on any atom is 0.326 e. The molecule has 4 aromatic rings. The minimum Gasteiger partial charge on any atom is -0.497 e. The van der Waals surface area contributed by atoms with Crippen LogP contribution in [0.4, 0.5) is 0 Å². The van der Waals surface area contributed by atoms with E-state index in [0.717, 1.165) is 28.0 Å². The highest BCUT2D eigenvalue weighted by atomic mass is 16.9. The maximum absolute atomic E-state index is 6.68. The molecule has 20 heteroatoms. The van der Waals surface area contributed by atoms with Gasteiger partial charge in [0.25, 0.3) is 11.9 Å². The summed E-state index contributed by atoms with van der Waals surface area (Å²) in [6.45, 7) is 15.2. The smallest absolute Gasteiger partial charge is 0.326 e. The zero-order chi connectivity index (χ0) is 59.9. The zero-order valence-electron chi connectivity index (χ0n) is 50.8. The third-order valence-electron chi connectivity index (χ3n) is 16.5. The van der Waals surface area contributed by atoms with Crippen molar-refractivity contribution >= 4 is 24.3 Å². The molecule has 0 aromatic heterocycles. The highest BCUT2D eigenvalue weighted by Crippen LogP contribution is 2.45. The normalized spacial score (nSPS) is 33.3. The summed E-state index contributed by atoms with van der Waals surface area (Å²) in [7, 11) is 6.42. The summed E-state index contributed by atoms with van der Waals surface area (Å²) in [5.74, 6) is -4.28. The van der Waals surface area contributed by atoms with Crippen molar-refractivity contribution in [2.24, 2.45) is 16.2 Å². The molecular formula is C65H84O20. The van der Waals surface area contributed by atoms with Gasteiger partial charge in [-0.2, -0.15) is 0 Å². The first-order chi connectivity index (χ1) is 41.0. The topological polar surface area (TPSA) is 185 Å². The number of methoxy groups -OCH3 is 4. The fourth-order valence-corrected chi connectivity index (χ4v) is 10.6. The lowest BCUT2D eigenvalue weighted by Crippen LogP contribution is -2.61. The molecule has 0 aliphatic carbocycles. The van der Waals surface area contributed by atoms with E-state index in [-0.39, 0.29) is 52.9 Å². The van der Waals surface area contributed by atoms with Crippen LogP contribution in [-0.4, -0.2) is 144 Å². The Kier molecular flexibility index (Phi) is 19.3. The second-order valence-electron chi connectivity index (χ2n) is 22.7. The van der Waals surface area contributed by atoms with E-state index in [1.54, 1.807) is 34.5 Å². The molecule has 6 aliphatic rings. The lowest BCUT2D eigenvalue weighted by atomic mass is 9.90. The lowest BCUT2D eigenvalue weighted by molar-refractivity contribution is -0.450. The third-order valence-corrected chi connectivity index (χ3v) is 16.5. The van der Waals surface area contributed by atoms with Crippen LogP contribution < -0.4 is 28.4 Å². The predicted octanol–water partition coefficient (Wildman–Crippen LogP) is 11.2. The number of hydrogen-bond donors (Lipinski definition) is 0.